The lowest BCUT2D eigenvalue weighted by molar-refractivity contribution is -0.117. The molecule has 132 valence electrons. The summed E-state index contributed by atoms with van der Waals surface area (Å²) in [4.78, 5) is 16.5. The van der Waals surface area contributed by atoms with E-state index in [9.17, 15) is 4.79 Å². The molecule has 1 aliphatic rings. The van der Waals surface area contributed by atoms with Crippen LogP contribution in [0.2, 0.25) is 0 Å². The molecule has 0 spiro atoms. The number of carbonyl (C=O) groups is 1. The lowest BCUT2D eigenvalue weighted by atomic mass is 9.81. The fourth-order valence-corrected chi connectivity index (χ4v) is 3.70. The van der Waals surface area contributed by atoms with Crippen molar-refractivity contribution in [3.63, 3.8) is 0 Å². The highest BCUT2D eigenvalue weighted by Gasteiger charge is 2.28. The number of pyridine rings is 1. The van der Waals surface area contributed by atoms with Crippen LogP contribution in [0.25, 0.3) is 11.1 Å². The third-order valence-electron chi connectivity index (χ3n) is 5.08. The average Bonchev–Trinajstić information content (AvgIpc) is 2.63. The highest BCUT2D eigenvalue weighted by atomic mass is 16.1. The molecule has 4 nitrogen and oxygen atoms in total. The van der Waals surface area contributed by atoms with Gasteiger partial charge in [0.25, 0.3) is 0 Å². The fraction of sp³-hybridized carbons (Fsp3) is 0.429. The van der Waals surface area contributed by atoms with E-state index in [-0.39, 0.29) is 11.9 Å². The Balaban J connectivity index is 1.59. The first-order chi connectivity index (χ1) is 12.1. The van der Waals surface area contributed by atoms with Crippen molar-refractivity contribution in [2.75, 3.05) is 11.9 Å². The van der Waals surface area contributed by atoms with Crippen LogP contribution in [-0.2, 0) is 4.79 Å². The van der Waals surface area contributed by atoms with Gasteiger partial charge >= 0.3 is 0 Å². The minimum atomic E-state index is 0.0849. The van der Waals surface area contributed by atoms with E-state index in [4.69, 9.17) is 0 Å². The van der Waals surface area contributed by atoms with Gasteiger partial charge < -0.3 is 10.6 Å². The van der Waals surface area contributed by atoms with Crippen molar-refractivity contribution in [2.45, 2.75) is 39.2 Å². The fourth-order valence-electron chi connectivity index (χ4n) is 3.70. The van der Waals surface area contributed by atoms with E-state index in [0.717, 1.165) is 23.4 Å². The van der Waals surface area contributed by atoms with Crippen LogP contribution in [0.5, 0.6) is 0 Å². The molecule has 1 saturated heterocycles. The number of carbonyl (C=O) groups excluding carboxylic acids is 1. The molecule has 1 amide bonds. The number of hydrogen-bond donors (Lipinski definition) is 2. The topological polar surface area (TPSA) is 54.0 Å². The second-order valence-electron chi connectivity index (χ2n) is 7.18. The van der Waals surface area contributed by atoms with E-state index in [1.54, 1.807) is 12.4 Å². The van der Waals surface area contributed by atoms with Crippen LogP contribution in [0, 0.1) is 11.8 Å². The molecule has 2 aromatic rings. The summed E-state index contributed by atoms with van der Waals surface area (Å²) in [7, 11) is 0. The minimum absolute atomic E-state index is 0.0849. The number of amides is 1. The lowest BCUT2D eigenvalue weighted by Gasteiger charge is -2.35. The summed E-state index contributed by atoms with van der Waals surface area (Å²) < 4.78 is 0. The summed E-state index contributed by atoms with van der Waals surface area (Å²) in [6, 6.07) is 12.2. The molecule has 1 aromatic heterocycles. The van der Waals surface area contributed by atoms with Crippen LogP contribution in [0.1, 0.15) is 33.1 Å². The number of nitrogens with zero attached hydrogens (tertiary/aromatic N) is 1. The summed E-state index contributed by atoms with van der Waals surface area (Å²) in [5.74, 6) is 1.26. The monoisotopic (exact) mass is 337 g/mol. The smallest absolute Gasteiger partial charge is 0.225 e. The normalized spacial score (nSPS) is 20.4. The van der Waals surface area contributed by atoms with Crippen molar-refractivity contribution in [1.82, 2.24) is 10.3 Å². The van der Waals surface area contributed by atoms with Gasteiger partial charge in [0.15, 0.2) is 0 Å². The van der Waals surface area contributed by atoms with Crippen LogP contribution in [0.3, 0.4) is 0 Å². The quantitative estimate of drug-likeness (QED) is 0.863. The van der Waals surface area contributed by atoms with Gasteiger partial charge in [0.05, 0.1) is 0 Å². The Kier molecular flexibility index (Phi) is 5.82. The summed E-state index contributed by atoms with van der Waals surface area (Å²) in [5, 5.41) is 6.57. The SMILES string of the molecule is CC(C)C1CCCNC1CC(=O)Nc1ccc(-c2ccncc2)cc1. The predicted molar refractivity (Wildman–Crippen MR) is 102 cm³/mol. The van der Waals surface area contributed by atoms with Gasteiger partial charge in [0.1, 0.15) is 0 Å². The minimum Gasteiger partial charge on any atom is -0.326 e. The van der Waals surface area contributed by atoms with E-state index in [0.29, 0.717) is 18.3 Å². The van der Waals surface area contributed by atoms with Crippen LogP contribution < -0.4 is 10.6 Å². The number of anilines is 1. The van der Waals surface area contributed by atoms with E-state index in [1.807, 2.05) is 36.4 Å². The van der Waals surface area contributed by atoms with Crippen molar-refractivity contribution < 1.29 is 4.79 Å². The van der Waals surface area contributed by atoms with E-state index in [2.05, 4.69) is 29.5 Å². The second-order valence-corrected chi connectivity index (χ2v) is 7.18. The van der Waals surface area contributed by atoms with E-state index >= 15 is 0 Å². The molecule has 3 rings (SSSR count). The third kappa shape index (κ3) is 4.67. The molecule has 0 bridgehead atoms. The number of piperidine rings is 1. The summed E-state index contributed by atoms with van der Waals surface area (Å²) >= 11 is 0. The average molecular weight is 337 g/mol. The molecule has 2 unspecified atom stereocenters. The number of aromatic nitrogens is 1. The van der Waals surface area contributed by atoms with E-state index in [1.165, 1.54) is 12.8 Å². The van der Waals surface area contributed by atoms with Crippen LogP contribution in [-0.4, -0.2) is 23.5 Å². The molecule has 0 aliphatic carbocycles. The van der Waals surface area contributed by atoms with Crippen LogP contribution >= 0.6 is 0 Å². The molecule has 1 aromatic carbocycles. The summed E-state index contributed by atoms with van der Waals surface area (Å²) in [6.07, 6.45) is 6.52. The van der Waals surface area contributed by atoms with Gasteiger partial charge in [-0.3, -0.25) is 9.78 Å². The largest absolute Gasteiger partial charge is 0.326 e. The first kappa shape index (κ1) is 17.6. The number of nitrogens with one attached hydrogen (secondary N) is 2. The van der Waals surface area contributed by atoms with Gasteiger partial charge in [-0.2, -0.15) is 0 Å². The van der Waals surface area contributed by atoms with Crippen LogP contribution in [0.15, 0.2) is 48.8 Å². The molecule has 1 fully saturated rings. The van der Waals surface area contributed by atoms with Gasteiger partial charge in [0, 0.05) is 30.5 Å². The van der Waals surface area contributed by atoms with Gasteiger partial charge in [-0.25, -0.2) is 0 Å². The summed E-state index contributed by atoms with van der Waals surface area (Å²) in [5.41, 5.74) is 3.09. The van der Waals surface area contributed by atoms with Crippen molar-refractivity contribution in [3.8, 4) is 11.1 Å². The molecule has 0 radical (unpaired) electrons. The standard InChI is InChI=1S/C21H27N3O/c1-15(2)19-4-3-11-23-20(19)14-21(25)24-18-7-5-16(6-8-18)17-9-12-22-13-10-17/h5-10,12-13,15,19-20,23H,3-4,11,14H2,1-2H3,(H,24,25). The molecule has 0 saturated carbocycles. The molecule has 1 aliphatic heterocycles. The number of hydrogen-bond acceptors (Lipinski definition) is 3. The Hall–Kier alpha value is -2.20. The lowest BCUT2D eigenvalue weighted by Crippen LogP contribution is -2.45. The number of rotatable bonds is 5. The Morgan fingerprint density at radius 1 is 1.16 bits per heavy atom. The number of benzene rings is 1. The first-order valence-electron chi connectivity index (χ1n) is 9.17. The molecule has 4 heteroatoms. The summed E-state index contributed by atoms with van der Waals surface area (Å²) in [6.45, 7) is 5.52. The van der Waals surface area contributed by atoms with E-state index < -0.39 is 0 Å². The maximum absolute atomic E-state index is 12.4. The highest BCUT2D eigenvalue weighted by molar-refractivity contribution is 5.91. The first-order valence-corrected chi connectivity index (χ1v) is 9.17. The maximum atomic E-state index is 12.4. The predicted octanol–water partition coefficient (Wildman–Crippen LogP) is 4.10. The molecular formula is C21H27N3O. The third-order valence-corrected chi connectivity index (χ3v) is 5.08. The Morgan fingerprint density at radius 3 is 2.52 bits per heavy atom. The van der Waals surface area contributed by atoms with Gasteiger partial charge in [0.2, 0.25) is 5.91 Å². The zero-order valence-electron chi connectivity index (χ0n) is 15.0. The molecule has 25 heavy (non-hydrogen) atoms. The van der Waals surface area contributed by atoms with Gasteiger partial charge in [-0.1, -0.05) is 26.0 Å². The van der Waals surface area contributed by atoms with Gasteiger partial charge in [-0.05, 0) is 66.6 Å². The molecular weight excluding hydrogens is 310 g/mol. The Labute approximate surface area is 150 Å². The van der Waals surface area contributed by atoms with Crippen molar-refractivity contribution in [1.29, 1.82) is 0 Å². The van der Waals surface area contributed by atoms with Crippen molar-refractivity contribution in [3.05, 3.63) is 48.8 Å². The highest BCUT2D eigenvalue weighted by Crippen LogP contribution is 2.27. The van der Waals surface area contributed by atoms with Crippen molar-refractivity contribution >= 4 is 11.6 Å². The maximum Gasteiger partial charge on any atom is 0.225 e. The molecule has 2 atom stereocenters. The Bertz CT molecular complexity index is 682. The van der Waals surface area contributed by atoms with Gasteiger partial charge in [-0.15, -0.1) is 0 Å². The zero-order chi connectivity index (χ0) is 17.6. The van der Waals surface area contributed by atoms with Crippen LogP contribution in [0.4, 0.5) is 5.69 Å². The van der Waals surface area contributed by atoms with Crippen molar-refractivity contribution in [2.24, 2.45) is 11.8 Å². The molecule has 2 N–H and O–H groups in total. The Morgan fingerprint density at radius 2 is 1.84 bits per heavy atom. The molecule has 2 heterocycles. The zero-order valence-corrected chi connectivity index (χ0v) is 15.0. The second kappa shape index (κ2) is 8.26.